The largest absolute Gasteiger partial charge is 0.372 e. The smallest absolute Gasteiger partial charge is 0.127 e. The minimum Gasteiger partial charge on any atom is -0.372 e. The molecule has 0 aromatic heterocycles. The van der Waals surface area contributed by atoms with Crippen molar-refractivity contribution in [2.45, 2.75) is 32.6 Å². The van der Waals surface area contributed by atoms with Crippen LogP contribution in [0.5, 0.6) is 0 Å². The van der Waals surface area contributed by atoms with E-state index in [0.29, 0.717) is 0 Å². The highest BCUT2D eigenvalue weighted by atomic mass is 16.1. The third kappa shape index (κ3) is 1.84. The van der Waals surface area contributed by atoms with Crippen molar-refractivity contribution in [2.75, 3.05) is 18.0 Å². The first-order chi connectivity index (χ1) is 7.80. The van der Waals surface area contributed by atoms with Crippen molar-refractivity contribution in [1.29, 1.82) is 0 Å². The van der Waals surface area contributed by atoms with Gasteiger partial charge in [-0.15, -0.1) is 0 Å². The van der Waals surface area contributed by atoms with E-state index in [1.54, 1.807) is 0 Å². The number of aryl methyl sites for hydroxylation is 1. The zero-order valence-corrected chi connectivity index (χ0v) is 10.1. The van der Waals surface area contributed by atoms with Crippen LogP contribution in [0.3, 0.4) is 0 Å². The van der Waals surface area contributed by atoms with Gasteiger partial charge in [0.25, 0.3) is 0 Å². The van der Waals surface area contributed by atoms with Gasteiger partial charge in [0.15, 0.2) is 0 Å². The first-order valence-electron chi connectivity index (χ1n) is 6.13. The lowest BCUT2D eigenvalue weighted by Gasteiger charge is -2.22. The van der Waals surface area contributed by atoms with Crippen LogP contribution in [0.15, 0.2) is 18.2 Å². The maximum Gasteiger partial charge on any atom is 0.127 e. The third-order valence-electron chi connectivity index (χ3n) is 3.55. The summed E-state index contributed by atoms with van der Waals surface area (Å²) in [5.74, 6) is 0.130. The molecule has 16 heavy (non-hydrogen) atoms. The van der Waals surface area contributed by atoms with Crippen molar-refractivity contribution < 1.29 is 4.79 Å². The van der Waals surface area contributed by atoms with E-state index in [9.17, 15) is 4.79 Å². The number of benzene rings is 1. The highest BCUT2D eigenvalue weighted by Gasteiger charge is 2.22. The molecule has 2 heteroatoms. The Hall–Kier alpha value is -1.31. The zero-order chi connectivity index (χ0) is 11.5. The third-order valence-corrected chi connectivity index (χ3v) is 3.55. The molecule has 0 radical (unpaired) electrons. The molecule has 2 rings (SSSR count). The summed E-state index contributed by atoms with van der Waals surface area (Å²) in [6.07, 6.45) is 3.13. The highest BCUT2D eigenvalue weighted by molar-refractivity contribution is 5.67. The summed E-state index contributed by atoms with van der Waals surface area (Å²) in [7, 11) is 0. The number of anilines is 1. The van der Waals surface area contributed by atoms with Crippen LogP contribution >= 0.6 is 0 Å². The lowest BCUT2D eigenvalue weighted by atomic mass is 10.0. The van der Waals surface area contributed by atoms with Crippen molar-refractivity contribution in [1.82, 2.24) is 0 Å². The molecule has 1 aromatic carbocycles. The molecule has 0 N–H and O–H groups in total. The van der Waals surface area contributed by atoms with Gasteiger partial charge in [-0.05, 0) is 49.9 Å². The number of aldehydes is 1. The standard InChI is InChI=1S/C14H19NO/c1-3-15(4-2)13-8-7-11-5-6-12(10-16)14(11)9-13/h7-10,12H,3-6H2,1-2H3. The van der Waals surface area contributed by atoms with E-state index in [1.165, 1.54) is 16.8 Å². The summed E-state index contributed by atoms with van der Waals surface area (Å²) in [6, 6.07) is 6.57. The molecule has 0 amide bonds. The van der Waals surface area contributed by atoms with Gasteiger partial charge in [-0.3, -0.25) is 0 Å². The van der Waals surface area contributed by atoms with Crippen LogP contribution in [0, 0.1) is 0 Å². The van der Waals surface area contributed by atoms with Crippen LogP contribution in [0.25, 0.3) is 0 Å². The van der Waals surface area contributed by atoms with Gasteiger partial charge in [0.2, 0.25) is 0 Å². The topological polar surface area (TPSA) is 20.3 Å². The molecule has 0 bridgehead atoms. The zero-order valence-electron chi connectivity index (χ0n) is 10.1. The summed E-state index contributed by atoms with van der Waals surface area (Å²) in [6.45, 7) is 6.35. The van der Waals surface area contributed by atoms with E-state index < -0.39 is 0 Å². The number of hydrogen-bond acceptors (Lipinski definition) is 2. The van der Waals surface area contributed by atoms with Crippen LogP contribution in [0.1, 0.15) is 37.3 Å². The Bertz CT molecular complexity index is 382. The van der Waals surface area contributed by atoms with Crippen LogP contribution in [-0.2, 0) is 11.2 Å². The number of carbonyl (C=O) groups excluding carboxylic acids is 1. The number of fused-ring (bicyclic) bond motifs is 1. The van der Waals surface area contributed by atoms with Crippen molar-refractivity contribution in [3.8, 4) is 0 Å². The molecule has 0 saturated heterocycles. The minimum absolute atomic E-state index is 0.130. The fourth-order valence-corrected chi connectivity index (χ4v) is 2.55. The first kappa shape index (κ1) is 11.2. The summed E-state index contributed by atoms with van der Waals surface area (Å²) in [5, 5.41) is 0. The highest BCUT2D eigenvalue weighted by Crippen LogP contribution is 2.34. The van der Waals surface area contributed by atoms with E-state index in [1.807, 2.05) is 0 Å². The quantitative estimate of drug-likeness (QED) is 0.723. The number of rotatable bonds is 4. The van der Waals surface area contributed by atoms with Crippen molar-refractivity contribution in [3.63, 3.8) is 0 Å². The average Bonchev–Trinajstić information content (AvgIpc) is 2.73. The molecule has 0 heterocycles. The van der Waals surface area contributed by atoms with E-state index in [-0.39, 0.29) is 5.92 Å². The molecule has 0 aliphatic heterocycles. The van der Waals surface area contributed by atoms with Crippen molar-refractivity contribution >= 4 is 12.0 Å². The van der Waals surface area contributed by atoms with Crippen LogP contribution in [-0.4, -0.2) is 19.4 Å². The second-order valence-corrected chi connectivity index (χ2v) is 4.34. The van der Waals surface area contributed by atoms with Crippen molar-refractivity contribution in [2.24, 2.45) is 0 Å². The molecular weight excluding hydrogens is 198 g/mol. The Morgan fingerprint density at radius 2 is 2.12 bits per heavy atom. The molecule has 0 spiro atoms. The Morgan fingerprint density at radius 3 is 2.75 bits per heavy atom. The molecule has 0 fully saturated rings. The number of hydrogen-bond donors (Lipinski definition) is 0. The SMILES string of the molecule is CCN(CC)c1ccc2c(c1)C(C=O)CC2. The van der Waals surface area contributed by atoms with Gasteiger partial charge in [-0.25, -0.2) is 0 Å². The van der Waals surface area contributed by atoms with E-state index in [2.05, 4.69) is 36.9 Å². The van der Waals surface area contributed by atoms with Gasteiger partial charge in [0.05, 0.1) is 0 Å². The first-order valence-corrected chi connectivity index (χ1v) is 6.13. The molecule has 0 saturated carbocycles. The van der Waals surface area contributed by atoms with Crippen LogP contribution in [0.4, 0.5) is 5.69 Å². The second kappa shape index (κ2) is 4.69. The van der Waals surface area contributed by atoms with Crippen LogP contribution < -0.4 is 4.90 Å². The number of carbonyl (C=O) groups is 1. The van der Waals surface area contributed by atoms with Crippen molar-refractivity contribution in [3.05, 3.63) is 29.3 Å². The monoisotopic (exact) mass is 217 g/mol. The number of nitrogens with zero attached hydrogens (tertiary/aromatic N) is 1. The normalized spacial score (nSPS) is 18.2. The van der Waals surface area contributed by atoms with E-state index >= 15 is 0 Å². The fourth-order valence-electron chi connectivity index (χ4n) is 2.55. The molecular formula is C14H19NO. The summed E-state index contributed by atoms with van der Waals surface area (Å²) < 4.78 is 0. The Morgan fingerprint density at radius 1 is 1.38 bits per heavy atom. The summed E-state index contributed by atoms with van der Waals surface area (Å²) in [4.78, 5) is 13.3. The van der Waals surface area contributed by atoms with Crippen LogP contribution in [0.2, 0.25) is 0 Å². The Balaban J connectivity index is 2.34. The van der Waals surface area contributed by atoms with Gasteiger partial charge >= 0.3 is 0 Å². The molecule has 1 unspecified atom stereocenters. The molecule has 1 aliphatic carbocycles. The van der Waals surface area contributed by atoms with Gasteiger partial charge < -0.3 is 9.69 Å². The maximum absolute atomic E-state index is 11.0. The molecule has 86 valence electrons. The molecule has 1 aromatic rings. The molecule has 1 aliphatic rings. The van der Waals surface area contributed by atoms with Gasteiger partial charge in [0, 0.05) is 24.7 Å². The fraction of sp³-hybridized carbons (Fsp3) is 0.500. The molecule has 1 atom stereocenters. The maximum atomic E-state index is 11.0. The predicted octanol–water partition coefficient (Wildman–Crippen LogP) is 2.76. The predicted molar refractivity (Wildman–Crippen MR) is 67.1 cm³/mol. The van der Waals surface area contributed by atoms with Gasteiger partial charge in [0.1, 0.15) is 6.29 Å². The van der Waals surface area contributed by atoms with E-state index in [4.69, 9.17) is 0 Å². The van der Waals surface area contributed by atoms with Gasteiger partial charge in [-0.2, -0.15) is 0 Å². The lowest BCUT2D eigenvalue weighted by Crippen LogP contribution is -2.21. The molecule has 2 nitrogen and oxygen atoms in total. The minimum atomic E-state index is 0.130. The van der Waals surface area contributed by atoms with Gasteiger partial charge in [-0.1, -0.05) is 6.07 Å². The summed E-state index contributed by atoms with van der Waals surface area (Å²) in [5.41, 5.74) is 3.85. The second-order valence-electron chi connectivity index (χ2n) is 4.34. The average molecular weight is 217 g/mol. The summed E-state index contributed by atoms with van der Waals surface area (Å²) >= 11 is 0. The Labute approximate surface area is 97.3 Å². The van der Waals surface area contributed by atoms with E-state index in [0.717, 1.165) is 32.2 Å². The Kier molecular flexibility index (Phi) is 3.28. The lowest BCUT2D eigenvalue weighted by molar-refractivity contribution is -0.109.